The largest absolute Gasteiger partial charge is 0.477 e. The fourth-order valence-electron chi connectivity index (χ4n) is 2.55. The molecule has 2 heterocycles. The van der Waals surface area contributed by atoms with E-state index in [4.69, 9.17) is 10.8 Å². The number of aromatic amines is 1. The lowest BCUT2D eigenvalue weighted by Gasteiger charge is -2.30. The summed E-state index contributed by atoms with van der Waals surface area (Å²) in [5, 5.41) is 9.06. The number of H-pyrrole nitrogens is 1. The van der Waals surface area contributed by atoms with Crippen molar-refractivity contribution in [3.63, 3.8) is 0 Å². The molecule has 19 heavy (non-hydrogen) atoms. The molecule has 4 N–H and O–H groups in total. The number of carbonyl (C=O) groups excluding carboxylic acids is 1. The summed E-state index contributed by atoms with van der Waals surface area (Å²) in [5.74, 6) is -1.15. The smallest absolute Gasteiger partial charge is 0.352 e. The average Bonchev–Trinajstić information content (AvgIpc) is 2.65. The van der Waals surface area contributed by atoms with Crippen molar-refractivity contribution in [1.29, 1.82) is 0 Å². The predicted octanol–water partition coefficient (Wildman–Crippen LogP) is 0.893. The number of nitrogens with two attached hydrogens (primary N) is 1. The first-order chi connectivity index (χ1) is 8.91. The molecule has 0 radical (unpaired) electrons. The Morgan fingerprint density at radius 1 is 1.32 bits per heavy atom. The van der Waals surface area contributed by atoms with Crippen molar-refractivity contribution in [2.24, 2.45) is 5.73 Å². The Hall–Kier alpha value is -1.82. The van der Waals surface area contributed by atoms with Gasteiger partial charge in [-0.3, -0.25) is 4.79 Å². The van der Waals surface area contributed by atoms with Gasteiger partial charge in [0.05, 0.1) is 5.56 Å². The van der Waals surface area contributed by atoms with Gasteiger partial charge in [-0.15, -0.1) is 0 Å². The van der Waals surface area contributed by atoms with Crippen LogP contribution in [-0.4, -0.2) is 46.0 Å². The van der Waals surface area contributed by atoms with E-state index < -0.39 is 5.97 Å². The second kappa shape index (κ2) is 5.05. The molecule has 0 spiro atoms. The molecule has 104 valence electrons. The van der Waals surface area contributed by atoms with Crippen LogP contribution in [0, 0.1) is 13.8 Å². The lowest BCUT2D eigenvalue weighted by molar-refractivity contribution is 0.0690. The number of nitrogens with zero attached hydrogens (tertiary/aromatic N) is 1. The lowest BCUT2D eigenvalue weighted by atomic mass is 10.0. The number of hydrogen-bond acceptors (Lipinski definition) is 3. The first kappa shape index (κ1) is 13.6. The third kappa shape index (κ3) is 2.49. The first-order valence-electron chi connectivity index (χ1n) is 6.39. The Labute approximate surface area is 111 Å². The van der Waals surface area contributed by atoms with E-state index in [1.165, 1.54) is 0 Å². The third-order valence-corrected chi connectivity index (χ3v) is 3.69. The zero-order valence-corrected chi connectivity index (χ0v) is 11.2. The zero-order valence-electron chi connectivity index (χ0n) is 11.2. The van der Waals surface area contributed by atoms with Crippen LogP contribution in [0.2, 0.25) is 0 Å². The van der Waals surface area contributed by atoms with E-state index in [1.54, 1.807) is 18.7 Å². The van der Waals surface area contributed by atoms with Gasteiger partial charge >= 0.3 is 5.97 Å². The van der Waals surface area contributed by atoms with Crippen LogP contribution < -0.4 is 5.73 Å². The average molecular weight is 265 g/mol. The summed E-state index contributed by atoms with van der Waals surface area (Å²) >= 11 is 0. The van der Waals surface area contributed by atoms with Gasteiger partial charge in [-0.1, -0.05) is 0 Å². The number of aromatic carboxylic acids is 1. The molecule has 1 amide bonds. The molecule has 0 aromatic carbocycles. The second-order valence-electron chi connectivity index (χ2n) is 5.06. The Morgan fingerprint density at radius 2 is 1.89 bits per heavy atom. The van der Waals surface area contributed by atoms with Crippen molar-refractivity contribution in [3.8, 4) is 0 Å². The van der Waals surface area contributed by atoms with Gasteiger partial charge in [0.25, 0.3) is 5.91 Å². The Bertz CT molecular complexity index is 513. The molecule has 0 aliphatic carbocycles. The normalized spacial score (nSPS) is 16.7. The number of likely N-dealkylation sites (tertiary alicyclic amines) is 1. The lowest BCUT2D eigenvalue weighted by Crippen LogP contribution is -2.43. The van der Waals surface area contributed by atoms with E-state index in [-0.39, 0.29) is 17.6 Å². The SMILES string of the molecule is Cc1[nH]c(C(=O)O)c(C)c1C(=O)N1CCC(N)CC1. The molecule has 0 saturated carbocycles. The van der Waals surface area contributed by atoms with Crippen molar-refractivity contribution in [3.05, 3.63) is 22.5 Å². The van der Waals surface area contributed by atoms with E-state index in [1.807, 2.05) is 0 Å². The van der Waals surface area contributed by atoms with Crippen LogP contribution in [0.3, 0.4) is 0 Å². The standard InChI is InChI=1S/C13H19N3O3/c1-7-10(8(2)15-11(7)13(18)19)12(17)16-5-3-9(14)4-6-16/h9,15H,3-6,14H2,1-2H3,(H,18,19). The monoisotopic (exact) mass is 265 g/mol. The maximum atomic E-state index is 12.5. The molecule has 1 aromatic rings. The number of carboxylic acid groups (broad SMARTS) is 1. The number of aryl methyl sites for hydroxylation is 1. The first-order valence-corrected chi connectivity index (χ1v) is 6.39. The van der Waals surface area contributed by atoms with Crippen LogP contribution in [0.1, 0.15) is 44.9 Å². The predicted molar refractivity (Wildman–Crippen MR) is 70.3 cm³/mol. The zero-order chi connectivity index (χ0) is 14.2. The van der Waals surface area contributed by atoms with E-state index >= 15 is 0 Å². The van der Waals surface area contributed by atoms with Crippen molar-refractivity contribution >= 4 is 11.9 Å². The highest BCUT2D eigenvalue weighted by Gasteiger charge is 2.27. The number of carbonyl (C=O) groups is 2. The van der Waals surface area contributed by atoms with Crippen LogP contribution >= 0.6 is 0 Å². The number of carboxylic acids is 1. The van der Waals surface area contributed by atoms with Gasteiger partial charge in [0.1, 0.15) is 5.69 Å². The maximum absolute atomic E-state index is 12.5. The molecule has 6 nitrogen and oxygen atoms in total. The second-order valence-corrected chi connectivity index (χ2v) is 5.06. The minimum atomic E-state index is -1.04. The number of aromatic nitrogens is 1. The quantitative estimate of drug-likeness (QED) is 0.739. The summed E-state index contributed by atoms with van der Waals surface area (Å²) in [6.07, 6.45) is 1.58. The summed E-state index contributed by atoms with van der Waals surface area (Å²) in [7, 11) is 0. The van der Waals surface area contributed by atoms with Gasteiger partial charge in [-0.05, 0) is 32.3 Å². The summed E-state index contributed by atoms with van der Waals surface area (Å²) in [6.45, 7) is 4.65. The molecular formula is C13H19N3O3. The van der Waals surface area contributed by atoms with Crippen LogP contribution in [0.15, 0.2) is 0 Å². The van der Waals surface area contributed by atoms with Gasteiger partial charge in [0, 0.05) is 24.8 Å². The Kier molecular flexibility index (Phi) is 3.61. The molecular weight excluding hydrogens is 246 g/mol. The van der Waals surface area contributed by atoms with Crippen molar-refractivity contribution in [2.45, 2.75) is 32.7 Å². The van der Waals surface area contributed by atoms with E-state index in [0.29, 0.717) is 29.9 Å². The molecule has 1 aromatic heterocycles. The van der Waals surface area contributed by atoms with Gasteiger partial charge in [0.2, 0.25) is 0 Å². The van der Waals surface area contributed by atoms with E-state index in [0.717, 1.165) is 12.8 Å². The summed E-state index contributed by atoms with van der Waals surface area (Å²) in [4.78, 5) is 28.0. The number of rotatable bonds is 2. The van der Waals surface area contributed by atoms with Gasteiger partial charge < -0.3 is 20.7 Å². The minimum absolute atomic E-state index is 0.0922. The van der Waals surface area contributed by atoms with Crippen LogP contribution in [0.25, 0.3) is 0 Å². The van der Waals surface area contributed by atoms with Crippen molar-refractivity contribution in [1.82, 2.24) is 9.88 Å². The molecule has 2 rings (SSSR count). The highest BCUT2D eigenvalue weighted by molar-refractivity contribution is 6.00. The molecule has 0 unspecified atom stereocenters. The molecule has 6 heteroatoms. The van der Waals surface area contributed by atoms with Crippen molar-refractivity contribution in [2.75, 3.05) is 13.1 Å². The Balaban J connectivity index is 2.27. The van der Waals surface area contributed by atoms with E-state index in [2.05, 4.69) is 4.98 Å². The van der Waals surface area contributed by atoms with Crippen LogP contribution in [0.5, 0.6) is 0 Å². The molecule has 1 aliphatic rings. The summed E-state index contributed by atoms with van der Waals surface area (Å²) < 4.78 is 0. The van der Waals surface area contributed by atoms with Crippen LogP contribution in [0.4, 0.5) is 0 Å². The fourth-order valence-corrected chi connectivity index (χ4v) is 2.55. The molecule has 1 fully saturated rings. The molecule has 1 aliphatic heterocycles. The highest BCUT2D eigenvalue weighted by Crippen LogP contribution is 2.21. The van der Waals surface area contributed by atoms with Gasteiger partial charge in [-0.25, -0.2) is 4.79 Å². The number of piperidine rings is 1. The third-order valence-electron chi connectivity index (χ3n) is 3.69. The van der Waals surface area contributed by atoms with Gasteiger partial charge in [-0.2, -0.15) is 0 Å². The highest BCUT2D eigenvalue weighted by atomic mass is 16.4. The molecule has 1 saturated heterocycles. The summed E-state index contributed by atoms with van der Waals surface area (Å²) in [6, 6.07) is 0.159. The molecule has 0 bridgehead atoms. The Morgan fingerprint density at radius 3 is 2.37 bits per heavy atom. The minimum Gasteiger partial charge on any atom is -0.477 e. The number of nitrogens with one attached hydrogen (secondary N) is 1. The fraction of sp³-hybridized carbons (Fsp3) is 0.538. The van der Waals surface area contributed by atoms with Crippen molar-refractivity contribution < 1.29 is 14.7 Å². The maximum Gasteiger partial charge on any atom is 0.352 e. The van der Waals surface area contributed by atoms with Gasteiger partial charge in [0.15, 0.2) is 0 Å². The molecule has 0 atom stereocenters. The topological polar surface area (TPSA) is 99.4 Å². The number of amides is 1. The summed E-state index contributed by atoms with van der Waals surface area (Å²) in [5.41, 5.74) is 7.50. The van der Waals surface area contributed by atoms with Crippen LogP contribution in [-0.2, 0) is 0 Å². The number of hydrogen-bond donors (Lipinski definition) is 3. The van der Waals surface area contributed by atoms with E-state index in [9.17, 15) is 9.59 Å².